The second-order valence-electron chi connectivity index (χ2n) is 3.99. The molecule has 1 rings (SSSR count). The van der Waals surface area contributed by atoms with Crippen molar-refractivity contribution in [1.82, 2.24) is 5.32 Å². The summed E-state index contributed by atoms with van der Waals surface area (Å²) in [6.45, 7) is 1.65. The summed E-state index contributed by atoms with van der Waals surface area (Å²) in [5.74, 6) is -0.658. The SMILES string of the molecule is COC(OC)C(C)NC(=O)c1c(Cl)cccc1[N+](=O)[O-]. The summed E-state index contributed by atoms with van der Waals surface area (Å²) < 4.78 is 10.0. The van der Waals surface area contributed by atoms with Crippen LogP contribution in [0.25, 0.3) is 0 Å². The molecule has 0 saturated heterocycles. The van der Waals surface area contributed by atoms with Gasteiger partial charge in [-0.3, -0.25) is 14.9 Å². The molecule has 0 radical (unpaired) electrons. The van der Waals surface area contributed by atoms with Crippen molar-refractivity contribution in [3.8, 4) is 0 Å². The van der Waals surface area contributed by atoms with Crippen molar-refractivity contribution in [2.45, 2.75) is 19.3 Å². The number of methoxy groups -OCH3 is 2. The molecule has 20 heavy (non-hydrogen) atoms. The molecule has 7 nitrogen and oxygen atoms in total. The van der Waals surface area contributed by atoms with Crippen molar-refractivity contribution in [1.29, 1.82) is 0 Å². The van der Waals surface area contributed by atoms with E-state index in [-0.39, 0.29) is 16.3 Å². The molecule has 0 bridgehead atoms. The first-order valence-electron chi connectivity index (χ1n) is 5.71. The van der Waals surface area contributed by atoms with E-state index in [1.165, 1.54) is 32.4 Å². The van der Waals surface area contributed by atoms with Gasteiger partial charge in [0.25, 0.3) is 11.6 Å². The predicted molar refractivity (Wildman–Crippen MR) is 72.8 cm³/mol. The van der Waals surface area contributed by atoms with Gasteiger partial charge < -0.3 is 14.8 Å². The lowest BCUT2D eigenvalue weighted by Gasteiger charge is -2.22. The van der Waals surface area contributed by atoms with Gasteiger partial charge in [-0.1, -0.05) is 17.7 Å². The van der Waals surface area contributed by atoms with Gasteiger partial charge >= 0.3 is 0 Å². The number of hydrogen-bond donors (Lipinski definition) is 1. The molecule has 1 N–H and O–H groups in total. The molecule has 1 aromatic carbocycles. The largest absolute Gasteiger partial charge is 0.354 e. The van der Waals surface area contributed by atoms with Gasteiger partial charge in [0.2, 0.25) is 0 Å². The fourth-order valence-corrected chi connectivity index (χ4v) is 2.00. The van der Waals surface area contributed by atoms with E-state index >= 15 is 0 Å². The van der Waals surface area contributed by atoms with E-state index in [4.69, 9.17) is 21.1 Å². The number of benzene rings is 1. The van der Waals surface area contributed by atoms with Gasteiger partial charge in [-0.2, -0.15) is 0 Å². The Morgan fingerprint density at radius 1 is 1.40 bits per heavy atom. The summed E-state index contributed by atoms with van der Waals surface area (Å²) in [6, 6.07) is 3.54. The molecule has 0 heterocycles. The molecule has 1 unspecified atom stereocenters. The Kier molecular flexibility index (Phi) is 5.87. The number of amides is 1. The van der Waals surface area contributed by atoms with Crippen LogP contribution < -0.4 is 5.32 Å². The van der Waals surface area contributed by atoms with E-state index in [9.17, 15) is 14.9 Å². The number of nitrogens with one attached hydrogen (secondary N) is 1. The van der Waals surface area contributed by atoms with Crippen LogP contribution in [0.2, 0.25) is 5.02 Å². The first-order chi connectivity index (χ1) is 9.42. The van der Waals surface area contributed by atoms with Crippen molar-refractivity contribution in [2.24, 2.45) is 0 Å². The van der Waals surface area contributed by atoms with Gasteiger partial charge in [-0.05, 0) is 13.0 Å². The molecular weight excluding hydrogens is 288 g/mol. The minimum Gasteiger partial charge on any atom is -0.354 e. The van der Waals surface area contributed by atoms with Crippen LogP contribution in [0.1, 0.15) is 17.3 Å². The van der Waals surface area contributed by atoms with E-state index in [1.54, 1.807) is 6.92 Å². The molecule has 0 aliphatic rings. The van der Waals surface area contributed by atoms with Crippen LogP contribution in [0.5, 0.6) is 0 Å². The number of rotatable bonds is 6. The van der Waals surface area contributed by atoms with Crippen LogP contribution in [0.3, 0.4) is 0 Å². The Balaban J connectivity index is 3.01. The van der Waals surface area contributed by atoms with Gasteiger partial charge in [0.15, 0.2) is 6.29 Å². The Labute approximate surface area is 121 Å². The van der Waals surface area contributed by atoms with Crippen molar-refractivity contribution in [3.05, 3.63) is 38.9 Å². The van der Waals surface area contributed by atoms with Crippen LogP contribution in [0, 0.1) is 10.1 Å². The van der Waals surface area contributed by atoms with E-state index in [0.717, 1.165) is 0 Å². The third-order valence-corrected chi connectivity index (χ3v) is 2.96. The first-order valence-corrected chi connectivity index (χ1v) is 6.09. The monoisotopic (exact) mass is 302 g/mol. The van der Waals surface area contributed by atoms with E-state index in [2.05, 4.69) is 5.32 Å². The second kappa shape index (κ2) is 7.18. The zero-order valence-electron chi connectivity index (χ0n) is 11.3. The maximum atomic E-state index is 12.1. The number of carbonyl (C=O) groups is 1. The summed E-state index contributed by atoms with van der Waals surface area (Å²) in [5.41, 5.74) is -0.537. The second-order valence-corrected chi connectivity index (χ2v) is 4.40. The van der Waals surface area contributed by atoms with Crippen molar-refractivity contribution in [3.63, 3.8) is 0 Å². The van der Waals surface area contributed by atoms with Crippen LogP contribution >= 0.6 is 11.6 Å². The highest BCUT2D eigenvalue weighted by Gasteiger charge is 2.26. The molecule has 0 fully saturated rings. The van der Waals surface area contributed by atoms with Gasteiger partial charge in [-0.15, -0.1) is 0 Å². The molecule has 0 aliphatic carbocycles. The lowest BCUT2D eigenvalue weighted by Crippen LogP contribution is -2.43. The number of nitro benzene ring substituents is 1. The standard InChI is InChI=1S/C12H15ClN2O5/c1-7(12(19-2)20-3)14-11(16)10-8(13)5-4-6-9(10)15(17)18/h4-7,12H,1-3H3,(H,14,16). The highest BCUT2D eigenvalue weighted by Crippen LogP contribution is 2.26. The zero-order valence-corrected chi connectivity index (χ0v) is 12.0. The molecule has 0 spiro atoms. The van der Waals surface area contributed by atoms with Crippen LogP contribution in [0.15, 0.2) is 18.2 Å². The summed E-state index contributed by atoms with van der Waals surface area (Å²) in [5, 5.41) is 13.5. The molecule has 110 valence electrons. The third-order valence-electron chi connectivity index (χ3n) is 2.65. The Morgan fingerprint density at radius 2 is 2.00 bits per heavy atom. The van der Waals surface area contributed by atoms with Crippen molar-refractivity contribution in [2.75, 3.05) is 14.2 Å². The molecule has 0 aromatic heterocycles. The van der Waals surface area contributed by atoms with E-state index < -0.39 is 23.2 Å². The van der Waals surface area contributed by atoms with E-state index in [0.29, 0.717) is 0 Å². The number of hydrogen-bond acceptors (Lipinski definition) is 5. The number of halogens is 1. The first kappa shape index (κ1) is 16.4. The minimum atomic E-state index is -0.666. The van der Waals surface area contributed by atoms with Crippen LogP contribution in [-0.2, 0) is 9.47 Å². The molecular formula is C12H15ClN2O5. The Hall–Kier alpha value is -1.70. The fraction of sp³-hybridized carbons (Fsp3) is 0.417. The average Bonchev–Trinajstić information content (AvgIpc) is 2.39. The van der Waals surface area contributed by atoms with Crippen LogP contribution in [-0.4, -0.2) is 37.4 Å². The third kappa shape index (κ3) is 3.66. The molecule has 1 amide bonds. The van der Waals surface area contributed by atoms with Gasteiger partial charge in [0.1, 0.15) is 5.56 Å². The molecule has 8 heteroatoms. The lowest BCUT2D eigenvalue weighted by atomic mass is 10.1. The lowest BCUT2D eigenvalue weighted by molar-refractivity contribution is -0.385. The summed E-state index contributed by atoms with van der Waals surface area (Å²) in [6.07, 6.45) is -0.666. The van der Waals surface area contributed by atoms with Crippen LogP contribution in [0.4, 0.5) is 5.69 Å². The van der Waals surface area contributed by atoms with Gasteiger partial charge in [0, 0.05) is 20.3 Å². The van der Waals surface area contributed by atoms with Gasteiger partial charge in [0.05, 0.1) is 16.0 Å². The van der Waals surface area contributed by atoms with E-state index in [1.807, 2.05) is 0 Å². The molecule has 1 atom stereocenters. The highest BCUT2D eigenvalue weighted by molar-refractivity contribution is 6.34. The number of ether oxygens (including phenoxy) is 2. The topological polar surface area (TPSA) is 90.7 Å². The smallest absolute Gasteiger partial charge is 0.283 e. The molecule has 0 aliphatic heterocycles. The quantitative estimate of drug-likeness (QED) is 0.493. The Bertz CT molecular complexity index is 505. The zero-order chi connectivity index (χ0) is 15.3. The molecule has 1 aromatic rings. The maximum absolute atomic E-state index is 12.1. The highest BCUT2D eigenvalue weighted by atomic mass is 35.5. The minimum absolute atomic E-state index is 0.00952. The average molecular weight is 303 g/mol. The number of carbonyl (C=O) groups excluding carboxylic acids is 1. The summed E-state index contributed by atoms with van der Waals surface area (Å²) >= 11 is 5.87. The Morgan fingerprint density at radius 3 is 2.50 bits per heavy atom. The summed E-state index contributed by atoms with van der Waals surface area (Å²) in [7, 11) is 2.85. The van der Waals surface area contributed by atoms with Gasteiger partial charge in [-0.25, -0.2) is 0 Å². The fourth-order valence-electron chi connectivity index (χ4n) is 1.74. The maximum Gasteiger partial charge on any atom is 0.283 e. The normalized spacial score (nSPS) is 12.2. The van der Waals surface area contributed by atoms with Crippen molar-refractivity contribution < 1.29 is 19.2 Å². The van der Waals surface area contributed by atoms with Crippen molar-refractivity contribution >= 4 is 23.2 Å². The number of nitro groups is 1. The summed E-state index contributed by atoms with van der Waals surface area (Å²) in [4.78, 5) is 22.4. The molecule has 0 saturated carbocycles. The predicted octanol–water partition coefficient (Wildman–Crippen LogP) is 1.99. The number of nitrogens with zero attached hydrogens (tertiary/aromatic N) is 1.